The second-order valence-corrected chi connectivity index (χ2v) is 4.06. The maximum absolute atomic E-state index is 12.7. The fourth-order valence-electron chi connectivity index (χ4n) is 1.83. The lowest BCUT2D eigenvalue weighted by atomic mass is 10.2. The summed E-state index contributed by atoms with van der Waals surface area (Å²) in [6, 6.07) is 5.63. The minimum atomic E-state index is -0.450. The Morgan fingerprint density at radius 3 is 2.71 bits per heavy atom. The largest absolute Gasteiger partial charge is 0.364 e. The zero-order valence-electron chi connectivity index (χ0n) is 9.36. The molecule has 2 rings (SSSR count). The van der Waals surface area contributed by atoms with Gasteiger partial charge in [-0.05, 0) is 37.1 Å². The highest BCUT2D eigenvalue weighted by atomic mass is 19.1. The molecule has 0 aliphatic carbocycles. The average molecular weight is 238 g/mol. The van der Waals surface area contributed by atoms with Crippen molar-refractivity contribution in [2.45, 2.75) is 25.0 Å². The molecule has 4 nitrogen and oxygen atoms in total. The molecule has 92 valence electrons. The summed E-state index contributed by atoms with van der Waals surface area (Å²) in [6.45, 7) is 0.431. The van der Waals surface area contributed by atoms with E-state index in [2.05, 4.69) is 5.32 Å². The second kappa shape index (κ2) is 5.25. The third-order valence-electron chi connectivity index (χ3n) is 2.77. The molecule has 5 heteroatoms. The Bertz CT molecular complexity index is 394. The number of carbonyl (C=O) groups is 1. The first-order valence-corrected chi connectivity index (χ1v) is 5.61. The SMILES string of the molecule is NCC1CCC(C(=O)Nc2ccc(F)cc2)O1. The molecule has 0 radical (unpaired) electrons. The van der Waals surface area contributed by atoms with Gasteiger partial charge in [-0.25, -0.2) is 4.39 Å². The zero-order valence-corrected chi connectivity index (χ0v) is 9.36. The van der Waals surface area contributed by atoms with E-state index in [9.17, 15) is 9.18 Å². The van der Waals surface area contributed by atoms with E-state index < -0.39 is 6.10 Å². The molecule has 1 aromatic carbocycles. The van der Waals surface area contributed by atoms with Gasteiger partial charge in [0.25, 0.3) is 5.91 Å². The molecule has 0 saturated carbocycles. The number of nitrogens with two attached hydrogens (primary N) is 1. The Morgan fingerprint density at radius 2 is 2.12 bits per heavy atom. The number of amides is 1. The highest BCUT2D eigenvalue weighted by molar-refractivity contribution is 5.94. The van der Waals surface area contributed by atoms with Crippen molar-refractivity contribution in [1.82, 2.24) is 0 Å². The number of halogens is 1. The molecular formula is C12H15FN2O2. The van der Waals surface area contributed by atoms with Crippen LogP contribution in [0, 0.1) is 5.82 Å². The van der Waals surface area contributed by atoms with Crippen molar-refractivity contribution in [3.05, 3.63) is 30.1 Å². The van der Waals surface area contributed by atoms with Gasteiger partial charge in [0.2, 0.25) is 0 Å². The Morgan fingerprint density at radius 1 is 1.41 bits per heavy atom. The van der Waals surface area contributed by atoms with Gasteiger partial charge in [-0.1, -0.05) is 0 Å². The summed E-state index contributed by atoms with van der Waals surface area (Å²) < 4.78 is 18.1. The molecular weight excluding hydrogens is 223 g/mol. The van der Waals surface area contributed by atoms with Crippen molar-refractivity contribution < 1.29 is 13.9 Å². The number of rotatable bonds is 3. The molecule has 0 bridgehead atoms. The molecule has 1 saturated heterocycles. The predicted molar refractivity (Wildman–Crippen MR) is 62.0 cm³/mol. The first-order chi connectivity index (χ1) is 8.19. The molecule has 2 unspecified atom stereocenters. The van der Waals surface area contributed by atoms with Crippen LogP contribution in [0.1, 0.15) is 12.8 Å². The van der Waals surface area contributed by atoms with Crippen LogP contribution in [0.2, 0.25) is 0 Å². The Kier molecular flexibility index (Phi) is 3.71. The first-order valence-electron chi connectivity index (χ1n) is 5.61. The Hall–Kier alpha value is -1.46. The van der Waals surface area contributed by atoms with Crippen molar-refractivity contribution in [3.63, 3.8) is 0 Å². The number of nitrogens with one attached hydrogen (secondary N) is 1. The van der Waals surface area contributed by atoms with Crippen molar-refractivity contribution in [2.75, 3.05) is 11.9 Å². The maximum atomic E-state index is 12.7. The van der Waals surface area contributed by atoms with Crippen LogP contribution < -0.4 is 11.1 Å². The summed E-state index contributed by atoms with van der Waals surface area (Å²) in [6.07, 6.45) is 1.000. The van der Waals surface area contributed by atoms with Crippen LogP contribution >= 0.6 is 0 Å². The van der Waals surface area contributed by atoms with E-state index in [1.54, 1.807) is 0 Å². The number of ether oxygens (including phenoxy) is 1. The van der Waals surface area contributed by atoms with Crippen LogP contribution in [0.3, 0.4) is 0 Å². The average Bonchev–Trinajstić information content (AvgIpc) is 2.81. The summed E-state index contributed by atoms with van der Waals surface area (Å²) in [5.41, 5.74) is 6.03. The summed E-state index contributed by atoms with van der Waals surface area (Å²) in [4.78, 5) is 11.8. The number of hydrogen-bond acceptors (Lipinski definition) is 3. The van der Waals surface area contributed by atoms with Gasteiger partial charge in [0.1, 0.15) is 11.9 Å². The minimum absolute atomic E-state index is 0.0287. The summed E-state index contributed by atoms with van der Waals surface area (Å²) >= 11 is 0. The fraction of sp³-hybridized carbons (Fsp3) is 0.417. The molecule has 1 heterocycles. The summed E-state index contributed by atoms with van der Waals surface area (Å²) in [5.74, 6) is -0.532. The van der Waals surface area contributed by atoms with Crippen molar-refractivity contribution in [3.8, 4) is 0 Å². The Balaban J connectivity index is 1.91. The fourth-order valence-corrected chi connectivity index (χ4v) is 1.83. The maximum Gasteiger partial charge on any atom is 0.253 e. The monoisotopic (exact) mass is 238 g/mol. The number of benzene rings is 1. The number of hydrogen-bond donors (Lipinski definition) is 2. The Labute approximate surface area is 98.9 Å². The van der Waals surface area contributed by atoms with Crippen LogP contribution in [0.5, 0.6) is 0 Å². The van der Waals surface area contributed by atoms with E-state index in [1.165, 1.54) is 24.3 Å². The van der Waals surface area contributed by atoms with Gasteiger partial charge in [-0.2, -0.15) is 0 Å². The third kappa shape index (κ3) is 3.01. The van der Waals surface area contributed by atoms with Gasteiger partial charge in [-0.15, -0.1) is 0 Å². The van der Waals surface area contributed by atoms with Crippen molar-refractivity contribution in [1.29, 1.82) is 0 Å². The molecule has 1 fully saturated rings. The normalized spacial score (nSPS) is 23.6. The minimum Gasteiger partial charge on any atom is -0.364 e. The van der Waals surface area contributed by atoms with Crippen molar-refractivity contribution in [2.24, 2.45) is 5.73 Å². The van der Waals surface area contributed by atoms with E-state index in [1.807, 2.05) is 0 Å². The third-order valence-corrected chi connectivity index (χ3v) is 2.77. The highest BCUT2D eigenvalue weighted by Crippen LogP contribution is 2.20. The molecule has 1 aliphatic heterocycles. The summed E-state index contributed by atoms with van der Waals surface area (Å²) in [5, 5.41) is 2.68. The van der Waals surface area contributed by atoms with Gasteiger partial charge in [0.15, 0.2) is 0 Å². The van der Waals surface area contributed by atoms with E-state index in [-0.39, 0.29) is 17.8 Å². The van der Waals surface area contributed by atoms with Crippen LogP contribution in [-0.4, -0.2) is 24.7 Å². The lowest BCUT2D eigenvalue weighted by molar-refractivity contribution is -0.126. The smallest absolute Gasteiger partial charge is 0.253 e. The first kappa shape index (κ1) is 12.0. The quantitative estimate of drug-likeness (QED) is 0.833. The van der Waals surface area contributed by atoms with Crippen LogP contribution in [-0.2, 0) is 9.53 Å². The second-order valence-electron chi connectivity index (χ2n) is 4.06. The van der Waals surface area contributed by atoms with Gasteiger partial charge < -0.3 is 15.8 Å². The molecule has 1 aliphatic rings. The van der Waals surface area contributed by atoms with E-state index >= 15 is 0 Å². The van der Waals surface area contributed by atoms with Crippen LogP contribution in [0.15, 0.2) is 24.3 Å². The standard InChI is InChI=1S/C12H15FN2O2/c13-8-1-3-9(4-2-8)15-12(16)11-6-5-10(7-14)17-11/h1-4,10-11H,5-7,14H2,(H,15,16). The van der Waals surface area contributed by atoms with Gasteiger partial charge in [0.05, 0.1) is 6.10 Å². The molecule has 1 aromatic rings. The topological polar surface area (TPSA) is 64.4 Å². The van der Waals surface area contributed by atoms with Crippen molar-refractivity contribution >= 4 is 11.6 Å². The number of carbonyl (C=O) groups excluding carboxylic acids is 1. The van der Waals surface area contributed by atoms with E-state index in [0.29, 0.717) is 18.7 Å². The lowest BCUT2D eigenvalue weighted by Gasteiger charge is -2.12. The highest BCUT2D eigenvalue weighted by Gasteiger charge is 2.29. The zero-order chi connectivity index (χ0) is 12.3. The van der Waals surface area contributed by atoms with Gasteiger partial charge in [-0.3, -0.25) is 4.79 Å². The summed E-state index contributed by atoms with van der Waals surface area (Å²) in [7, 11) is 0. The molecule has 17 heavy (non-hydrogen) atoms. The van der Waals surface area contributed by atoms with E-state index in [0.717, 1.165) is 6.42 Å². The molecule has 0 aromatic heterocycles. The lowest BCUT2D eigenvalue weighted by Crippen LogP contribution is -2.29. The van der Waals surface area contributed by atoms with E-state index in [4.69, 9.17) is 10.5 Å². The van der Waals surface area contributed by atoms with Gasteiger partial charge >= 0.3 is 0 Å². The van der Waals surface area contributed by atoms with Crippen LogP contribution in [0.25, 0.3) is 0 Å². The van der Waals surface area contributed by atoms with Crippen LogP contribution in [0.4, 0.5) is 10.1 Å². The molecule has 0 spiro atoms. The molecule has 3 N–H and O–H groups in total. The number of anilines is 1. The molecule has 1 amide bonds. The molecule has 2 atom stereocenters. The predicted octanol–water partition coefficient (Wildman–Crippen LogP) is 1.27. The van der Waals surface area contributed by atoms with Gasteiger partial charge in [0, 0.05) is 12.2 Å².